The summed E-state index contributed by atoms with van der Waals surface area (Å²) in [7, 11) is 0. The minimum atomic E-state index is -0.679. The van der Waals surface area contributed by atoms with Crippen molar-refractivity contribution >= 4 is 15.9 Å². The van der Waals surface area contributed by atoms with Gasteiger partial charge in [-0.3, -0.25) is 0 Å². The van der Waals surface area contributed by atoms with Crippen molar-refractivity contribution in [3.8, 4) is 0 Å². The largest absolute Gasteiger partial charge is 0.390 e. The zero-order chi connectivity index (χ0) is 11.8. The molecule has 1 N–H and O–H groups in total. The summed E-state index contributed by atoms with van der Waals surface area (Å²) in [4.78, 5) is 0. The Hall–Kier alpha value is -0.410. The van der Waals surface area contributed by atoms with Crippen LogP contribution in [-0.4, -0.2) is 10.7 Å². The summed E-state index contributed by atoms with van der Waals surface area (Å²) >= 11 is 3.33. The predicted molar refractivity (Wildman–Crippen MR) is 65.8 cm³/mol. The maximum Gasteiger partial charge on any atom is 0.124 e. The van der Waals surface area contributed by atoms with Crippen molar-refractivity contribution < 1.29 is 9.50 Å². The molecule has 0 radical (unpaired) electrons. The Balaban J connectivity index is 2.06. The highest BCUT2D eigenvalue weighted by atomic mass is 79.9. The van der Waals surface area contributed by atoms with E-state index in [1.54, 1.807) is 6.07 Å². The van der Waals surface area contributed by atoms with Crippen LogP contribution in [0.3, 0.4) is 0 Å². The van der Waals surface area contributed by atoms with Crippen LogP contribution in [0, 0.1) is 11.7 Å². The van der Waals surface area contributed by atoms with Gasteiger partial charge in [0.15, 0.2) is 0 Å². The lowest BCUT2D eigenvalue weighted by molar-refractivity contribution is 0.0453. The molecule has 3 heteroatoms. The van der Waals surface area contributed by atoms with Crippen molar-refractivity contribution in [2.45, 2.75) is 38.2 Å². The quantitative estimate of drug-likeness (QED) is 0.895. The Morgan fingerprint density at radius 1 is 1.50 bits per heavy atom. The van der Waals surface area contributed by atoms with Gasteiger partial charge >= 0.3 is 0 Å². The van der Waals surface area contributed by atoms with Gasteiger partial charge < -0.3 is 5.11 Å². The third-order valence-corrected chi connectivity index (χ3v) is 3.75. The Bertz CT molecular complexity index is 386. The van der Waals surface area contributed by atoms with E-state index in [1.807, 2.05) is 6.92 Å². The van der Waals surface area contributed by atoms with Crippen LogP contribution in [0.25, 0.3) is 0 Å². The standard InChI is InChI=1S/C13H16BrFO/c1-13(16,7-9-2-3-9)8-10-4-5-11(15)6-12(10)14/h4-6,9,16H,2-3,7-8H2,1H3. The molecule has 1 unspecified atom stereocenters. The summed E-state index contributed by atoms with van der Waals surface area (Å²) in [5.41, 5.74) is 0.286. The number of halogens is 2. The molecule has 1 atom stereocenters. The molecule has 1 aromatic carbocycles. The highest BCUT2D eigenvalue weighted by Crippen LogP contribution is 2.38. The van der Waals surface area contributed by atoms with E-state index >= 15 is 0 Å². The predicted octanol–water partition coefficient (Wildman–Crippen LogP) is 3.68. The monoisotopic (exact) mass is 286 g/mol. The SMILES string of the molecule is CC(O)(Cc1ccc(F)cc1Br)CC1CC1. The normalized spacial score (nSPS) is 19.5. The zero-order valence-corrected chi connectivity index (χ0v) is 10.9. The van der Waals surface area contributed by atoms with E-state index in [0.717, 1.165) is 16.5 Å². The van der Waals surface area contributed by atoms with Crippen molar-refractivity contribution in [1.29, 1.82) is 0 Å². The summed E-state index contributed by atoms with van der Waals surface area (Å²) in [6, 6.07) is 4.62. The van der Waals surface area contributed by atoms with Gasteiger partial charge in [-0.1, -0.05) is 34.8 Å². The molecule has 0 amide bonds. The number of hydrogen-bond acceptors (Lipinski definition) is 1. The van der Waals surface area contributed by atoms with E-state index in [9.17, 15) is 9.50 Å². The number of benzene rings is 1. The fraction of sp³-hybridized carbons (Fsp3) is 0.538. The highest BCUT2D eigenvalue weighted by molar-refractivity contribution is 9.10. The topological polar surface area (TPSA) is 20.2 Å². The van der Waals surface area contributed by atoms with Crippen LogP contribution in [0.1, 0.15) is 31.7 Å². The molecule has 0 saturated heterocycles. The first-order chi connectivity index (χ1) is 7.46. The lowest BCUT2D eigenvalue weighted by Crippen LogP contribution is -2.28. The molecule has 2 rings (SSSR count). The van der Waals surface area contributed by atoms with Gasteiger partial charge in [0.2, 0.25) is 0 Å². The summed E-state index contributed by atoms with van der Waals surface area (Å²) in [5, 5.41) is 10.3. The lowest BCUT2D eigenvalue weighted by atomic mass is 9.91. The highest BCUT2D eigenvalue weighted by Gasteiger charge is 2.32. The van der Waals surface area contributed by atoms with Crippen molar-refractivity contribution in [3.63, 3.8) is 0 Å². The van der Waals surface area contributed by atoms with Crippen molar-refractivity contribution in [1.82, 2.24) is 0 Å². The Labute approximate surface area is 104 Å². The smallest absolute Gasteiger partial charge is 0.124 e. The van der Waals surface area contributed by atoms with Crippen LogP contribution in [0.5, 0.6) is 0 Å². The van der Waals surface area contributed by atoms with E-state index in [1.165, 1.54) is 25.0 Å². The molecule has 1 nitrogen and oxygen atoms in total. The minimum Gasteiger partial charge on any atom is -0.390 e. The number of rotatable bonds is 4. The molecule has 1 aromatic rings. The van der Waals surface area contributed by atoms with Gasteiger partial charge in [-0.25, -0.2) is 4.39 Å². The zero-order valence-electron chi connectivity index (χ0n) is 9.34. The molecule has 0 aliphatic heterocycles. The Morgan fingerprint density at radius 2 is 2.19 bits per heavy atom. The third-order valence-electron chi connectivity index (χ3n) is 3.01. The molecule has 88 valence electrons. The van der Waals surface area contributed by atoms with E-state index < -0.39 is 5.60 Å². The van der Waals surface area contributed by atoms with Gasteiger partial charge in [0, 0.05) is 10.9 Å². The molecule has 0 spiro atoms. The van der Waals surface area contributed by atoms with Crippen molar-refractivity contribution in [2.75, 3.05) is 0 Å². The van der Waals surface area contributed by atoms with Crippen LogP contribution in [0.15, 0.2) is 22.7 Å². The molecule has 1 fully saturated rings. The fourth-order valence-corrected chi connectivity index (χ4v) is 2.58. The van der Waals surface area contributed by atoms with E-state index in [-0.39, 0.29) is 5.82 Å². The van der Waals surface area contributed by atoms with Gasteiger partial charge in [-0.2, -0.15) is 0 Å². The Kier molecular flexibility index (Phi) is 3.36. The third kappa shape index (κ3) is 3.29. The van der Waals surface area contributed by atoms with Crippen LogP contribution in [0.2, 0.25) is 0 Å². The minimum absolute atomic E-state index is 0.252. The second-order valence-electron chi connectivity index (χ2n) is 5.06. The van der Waals surface area contributed by atoms with Gasteiger partial charge in [-0.05, 0) is 37.0 Å². The molecule has 0 aromatic heterocycles. The number of hydrogen-bond donors (Lipinski definition) is 1. The fourth-order valence-electron chi connectivity index (χ4n) is 2.09. The van der Waals surface area contributed by atoms with Crippen molar-refractivity contribution in [2.24, 2.45) is 5.92 Å². The van der Waals surface area contributed by atoms with E-state index in [2.05, 4.69) is 15.9 Å². The van der Waals surface area contributed by atoms with Crippen molar-refractivity contribution in [3.05, 3.63) is 34.1 Å². The molecule has 0 heterocycles. The van der Waals surface area contributed by atoms with Gasteiger partial charge in [-0.15, -0.1) is 0 Å². The summed E-state index contributed by atoms with van der Waals surface area (Å²) in [5.74, 6) is 0.437. The van der Waals surface area contributed by atoms with Crippen LogP contribution < -0.4 is 0 Å². The maximum atomic E-state index is 12.9. The first-order valence-electron chi connectivity index (χ1n) is 5.63. The average molecular weight is 287 g/mol. The van der Waals surface area contributed by atoms with E-state index in [0.29, 0.717) is 12.3 Å². The van der Waals surface area contributed by atoms with Gasteiger partial charge in [0.25, 0.3) is 0 Å². The maximum absolute atomic E-state index is 12.9. The Morgan fingerprint density at radius 3 is 2.75 bits per heavy atom. The summed E-state index contributed by atoms with van der Waals surface area (Å²) in [6.07, 6.45) is 3.89. The summed E-state index contributed by atoms with van der Waals surface area (Å²) in [6.45, 7) is 1.86. The first kappa shape index (κ1) is 12.1. The second kappa shape index (κ2) is 4.46. The average Bonchev–Trinajstić information content (AvgIpc) is 2.93. The van der Waals surface area contributed by atoms with Gasteiger partial charge in [0.05, 0.1) is 5.60 Å². The van der Waals surface area contributed by atoms with Crippen LogP contribution in [0.4, 0.5) is 4.39 Å². The molecule has 1 aliphatic carbocycles. The first-order valence-corrected chi connectivity index (χ1v) is 6.42. The number of aliphatic hydroxyl groups is 1. The molecule has 1 saturated carbocycles. The molecular weight excluding hydrogens is 271 g/mol. The van der Waals surface area contributed by atoms with E-state index in [4.69, 9.17) is 0 Å². The van der Waals surface area contributed by atoms with Gasteiger partial charge in [0.1, 0.15) is 5.82 Å². The van der Waals surface area contributed by atoms with Crippen LogP contribution >= 0.6 is 15.9 Å². The molecule has 16 heavy (non-hydrogen) atoms. The molecule has 0 bridgehead atoms. The summed E-state index contributed by atoms with van der Waals surface area (Å²) < 4.78 is 13.6. The lowest BCUT2D eigenvalue weighted by Gasteiger charge is -2.23. The molecule has 1 aliphatic rings. The van der Waals surface area contributed by atoms with Crippen LogP contribution in [-0.2, 0) is 6.42 Å². The second-order valence-corrected chi connectivity index (χ2v) is 5.91. The molecular formula is C13H16BrFO.